The molecule has 1 aromatic carbocycles. The fourth-order valence-corrected chi connectivity index (χ4v) is 3.13. The van der Waals surface area contributed by atoms with Crippen LogP contribution in [0, 0.1) is 0 Å². The lowest BCUT2D eigenvalue weighted by Gasteiger charge is -2.34. The van der Waals surface area contributed by atoms with Gasteiger partial charge in [0.2, 0.25) is 10.0 Å². The number of benzene rings is 1. The summed E-state index contributed by atoms with van der Waals surface area (Å²) in [6.45, 7) is 3.49. The van der Waals surface area contributed by atoms with E-state index in [0.717, 1.165) is 25.3 Å². The van der Waals surface area contributed by atoms with E-state index in [9.17, 15) is 8.42 Å². The predicted molar refractivity (Wildman–Crippen MR) is 77.8 cm³/mol. The molecule has 0 spiro atoms. The van der Waals surface area contributed by atoms with E-state index >= 15 is 0 Å². The lowest BCUT2D eigenvalue weighted by molar-refractivity contribution is 0.388. The Labute approximate surface area is 115 Å². The molecule has 1 saturated heterocycles. The fourth-order valence-electron chi connectivity index (χ4n) is 2.31. The summed E-state index contributed by atoms with van der Waals surface area (Å²) in [5, 5.41) is 3.12. The number of nitrogens with zero attached hydrogens (tertiary/aromatic N) is 2. The quantitative estimate of drug-likeness (QED) is 0.874. The van der Waals surface area contributed by atoms with Crippen LogP contribution in [-0.2, 0) is 16.6 Å². The third-order valence-corrected chi connectivity index (χ3v) is 4.69. The van der Waals surface area contributed by atoms with Crippen LogP contribution in [0.5, 0.6) is 0 Å². The van der Waals surface area contributed by atoms with Crippen molar-refractivity contribution < 1.29 is 8.42 Å². The van der Waals surface area contributed by atoms with Crippen molar-refractivity contribution >= 4 is 15.7 Å². The zero-order chi connectivity index (χ0) is 13.9. The van der Waals surface area contributed by atoms with Crippen LogP contribution < -0.4 is 10.2 Å². The van der Waals surface area contributed by atoms with Gasteiger partial charge in [0, 0.05) is 38.4 Å². The molecule has 19 heavy (non-hydrogen) atoms. The van der Waals surface area contributed by atoms with Crippen molar-refractivity contribution in [2.24, 2.45) is 0 Å². The number of nitrogens with one attached hydrogen (secondary N) is 1. The van der Waals surface area contributed by atoms with Crippen LogP contribution in [-0.4, -0.2) is 52.2 Å². The Hall–Kier alpha value is -1.11. The Morgan fingerprint density at radius 1 is 1.11 bits per heavy atom. The van der Waals surface area contributed by atoms with Crippen LogP contribution in [0.4, 0.5) is 5.69 Å². The van der Waals surface area contributed by atoms with Gasteiger partial charge in [-0.1, -0.05) is 12.1 Å². The molecule has 1 fully saturated rings. The monoisotopic (exact) mass is 283 g/mol. The minimum Gasteiger partial charge on any atom is -0.369 e. The minimum atomic E-state index is -3.05. The van der Waals surface area contributed by atoms with E-state index in [1.54, 1.807) is 4.31 Å². The van der Waals surface area contributed by atoms with Crippen molar-refractivity contribution in [3.8, 4) is 0 Å². The normalized spacial score (nSPS) is 17.7. The zero-order valence-corrected chi connectivity index (χ0v) is 12.3. The molecule has 0 radical (unpaired) electrons. The molecule has 106 valence electrons. The molecule has 1 aliphatic heterocycles. The predicted octanol–water partition coefficient (Wildman–Crippen LogP) is 0.488. The van der Waals surface area contributed by atoms with Gasteiger partial charge in [-0.2, -0.15) is 4.31 Å². The maximum Gasteiger partial charge on any atom is 0.211 e. The minimum absolute atomic E-state index is 0.567. The summed E-state index contributed by atoms with van der Waals surface area (Å²) in [6.07, 6.45) is 1.27. The molecule has 5 nitrogen and oxygen atoms in total. The Morgan fingerprint density at radius 2 is 1.68 bits per heavy atom. The first-order chi connectivity index (χ1) is 9.00. The number of rotatable bonds is 4. The topological polar surface area (TPSA) is 52.6 Å². The van der Waals surface area contributed by atoms with Crippen LogP contribution in [0.15, 0.2) is 24.3 Å². The molecule has 0 atom stereocenters. The summed E-state index contributed by atoms with van der Waals surface area (Å²) >= 11 is 0. The Kier molecular flexibility index (Phi) is 4.44. The zero-order valence-electron chi connectivity index (χ0n) is 11.5. The molecular weight excluding hydrogens is 262 g/mol. The van der Waals surface area contributed by atoms with Gasteiger partial charge in [0.05, 0.1) is 6.26 Å². The lowest BCUT2D eigenvalue weighted by atomic mass is 10.2. The molecule has 1 aromatic rings. The number of sulfonamides is 1. The maximum absolute atomic E-state index is 11.4. The summed E-state index contributed by atoms with van der Waals surface area (Å²) in [6, 6.07) is 8.41. The second kappa shape index (κ2) is 5.90. The van der Waals surface area contributed by atoms with Gasteiger partial charge in [0.1, 0.15) is 0 Å². The smallest absolute Gasteiger partial charge is 0.211 e. The van der Waals surface area contributed by atoms with E-state index in [0.29, 0.717) is 13.1 Å². The van der Waals surface area contributed by atoms with Crippen molar-refractivity contribution in [2.45, 2.75) is 6.54 Å². The van der Waals surface area contributed by atoms with E-state index in [2.05, 4.69) is 34.5 Å². The highest BCUT2D eigenvalue weighted by molar-refractivity contribution is 7.88. The molecule has 1 N–H and O–H groups in total. The Bertz CT molecular complexity index is 505. The van der Waals surface area contributed by atoms with Crippen molar-refractivity contribution in [3.63, 3.8) is 0 Å². The summed E-state index contributed by atoms with van der Waals surface area (Å²) in [5.41, 5.74) is 2.41. The third kappa shape index (κ3) is 3.68. The summed E-state index contributed by atoms with van der Waals surface area (Å²) < 4.78 is 24.4. The number of anilines is 1. The molecule has 0 aromatic heterocycles. The summed E-state index contributed by atoms with van der Waals surface area (Å²) in [7, 11) is -1.12. The molecule has 2 rings (SSSR count). The standard InChI is InChI=1S/C13H21N3O2S/c1-14-11-12-3-5-13(6-4-12)15-7-9-16(10-8-15)19(2,17)18/h3-6,14H,7-11H2,1-2H3. The van der Waals surface area contributed by atoms with Crippen molar-refractivity contribution in [1.82, 2.24) is 9.62 Å². The van der Waals surface area contributed by atoms with Crippen LogP contribution in [0.1, 0.15) is 5.56 Å². The molecule has 6 heteroatoms. The van der Waals surface area contributed by atoms with Gasteiger partial charge in [-0.05, 0) is 24.7 Å². The molecule has 0 bridgehead atoms. The van der Waals surface area contributed by atoms with Gasteiger partial charge < -0.3 is 10.2 Å². The van der Waals surface area contributed by atoms with Crippen LogP contribution >= 0.6 is 0 Å². The SMILES string of the molecule is CNCc1ccc(N2CCN(S(C)(=O)=O)CC2)cc1. The third-order valence-electron chi connectivity index (χ3n) is 3.39. The van der Waals surface area contributed by atoms with Crippen LogP contribution in [0.25, 0.3) is 0 Å². The lowest BCUT2D eigenvalue weighted by Crippen LogP contribution is -2.48. The Morgan fingerprint density at radius 3 is 2.16 bits per heavy atom. The average molecular weight is 283 g/mol. The van der Waals surface area contributed by atoms with Gasteiger partial charge in [-0.15, -0.1) is 0 Å². The van der Waals surface area contributed by atoms with E-state index in [1.165, 1.54) is 11.8 Å². The number of hydrogen-bond donors (Lipinski definition) is 1. The van der Waals surface area contributed by atoms with Gasteiger partial charge >= 0.3 is 0 Å². The number of piperazine rings is 1. The van der Waals surface area contributed by atoms with E-state index in [1.807, 2.05) is 7.05 Å². The second-order valence-corrected chi connectivity index (χ2v) is 6.83. The highest BCUT2D eigenvalue weighted by Gasteiger charge is 2.23. The maximum atomic E-state index is 11.4. The van der Waals surface area contributed by atoms with Crippen LogP contribution in [0.3, 0.4) is 0 Å². The fraction of sp³-hybridized carbons (Fsp3) is 0.538. The molecule has 0 saturated carbocycles. The first-order valence-corrected chi connectivity index (χ1v) is 8.29. The van der Waals surface area contributed by atoms with E-state index < -0.39 is 10.0 Å². The Balaban J connectivity index is 1.97. The largest absolute Gasteiger partial charge is 0.369 e. The van der Waals surface area contributed by atoms with E-state index in [4.69, 9.17) is 0 Å². The van der Waals surface area contributed by atoms with Gasteiger partial charge in [-0.3, -0.25) is 0 Å². The molecule has 0 aliphatic carbocycles. The van der Waals surface area contributed by atoms with Gasteiger partial charge in [-0.25, -0.2) is 8.42 Å². The first-order valence-electron chi connectivity index (χ1n) is 6.44. The van der Waals surface area contributed by atoms with Gasteiger partial charge in [0.15, 0.2) is 0 Å². The molecule has 0 amide bonds. The van der Waals surface area contributed by atoms with E-state index in [-0.39, 0.29) is 0 Å². The molecule has 0 unspecified atom stereocenters. The summed E-state index contributed by atoms with van der Waals surface area (Å²) in [4.78, 5) is 2.23. The number of hydrogen-bond acceptors (Lipinski definition) is 4. The van der Waals surface area contributed by atoms with Gasteiger partial charge in [0.25, 0.3) is 0 Å². The first kappa shape index (κ1) is 14.3. The molecule has 1 heterocycles. The van der Waals surface area contributed by atoms with Crippen molar-refractivity contribution in [2.75, 3.05) is 44.4 Å². The highest BCUT2D eigenvalue weighted by Crippen LogP contribution is 2.18. The molecular formula is C13H21N3O2S. The summed E-state index contributed by atoms with van der Waals surface area (Å²) in [5.74, 6) is 0. The van der Waals surface area contributed by atoms with Crippen LogP contribution in [0.2, 0.25) is 0 Å². The van der Waals surface area contributed by atoms with Crippen molar-refractivity contribution in [3.05, 3.63) is 29.8 Å². The molecule has 1 aliphatic rings. The van der Waals surface area contributed by atoms with Crippen molar-refractivity contribution in [1.29, 1.82) is 0 Å². The second-order valence-electron chi connectivity index (χ2n) is 4.85. The average Bonchev–Trinajstić information content (AvgIpc) is 2.39. The highest BCUT2D eigenvalue weighted by atomic mass is 32.2.